The third-order valence-corrected chi connectivity index (χ3v) is 4.71. The molecule has 2 N–H and O–H groups in total. The predicted molar refractivity (Wildman–Crippen MR) is 78.7 cm³/mol. The molecule has 1 fully saturated rings. The van der Waals surface area contributed by atoms with Crippen molar-refractivity contribution >= 4 is 0 Å². The summed E-state index contributed by atoms with van der Waals surface area (Å²) in [5, 5.41) is 0. The Kier molecular flexibility index (Phi) is 4.11. The average Bonchev–Trinajstić information content (AvgIpc) is 2.34. The minimum Gasteiger partial charge on any atom is -0.330 e. The molecule has 1 nitrogen and oxygen atoms in total. The van der Waals surface area contributed by atoms with E-state index < -0.39 is 0 Å². The standard InChI is InChI=1S/C17H27N/c1-13-4-6-14(7-5-13)16(12-18)15-8-10-17(2,3)11-9-15/h4-7,15-16H,8-12,18H2,1-3H3/t16-/m0/s1. The lowest BCUT2D eigenvalue weighted by Gasteiger charge is -2.38. The van der Waals surface area contributed by atoms with E-state index in [1.54, 1.807) is 0 Å². The van der Waals surface area contributed by atoms with Crippen molar-refractivity contribution in [2.75, 3.05) is 6.54 Å². The summed E-state index contributed by atoms with van der Waals surface area (Å²) in [5.74, 6) is 1.34. The van der Waals surface area contributed by atoms with Crippen LogP contribution in [0.5, 0.6) is 0 Å². The summed E-state index contributed by atoms with van der Waals surface area (Å²) in [4.78, 5) is 0. The Labute approximate surface area is 112 Å². The quantitative estimate of drug-likeness (QED) is 0.846. The molecule has 0 spiro atoms. The van der Waals surface area contributed by atoms with Crippen LogP contribution in [-0.4, -0.2) is 6.54 Å². The molecule has 2 rings (SSSR count). The van der Waals surface area contributed by atoms with Gasteiger partial charge in [-0.15, -0.1) is 0 Å². The maximum absolute atomic E-state index is 6.04. The molecule has 1 aromatic rings. The molecule has 0 amide bonds. The van der Waals surface area contributed by atoms with Crippen LogP contribution in [0.1, 0.15) is 56.6 Å². The second-order valence-corrected chi connectivity index (χ2v) is 6.75. The number of aryl methyl sites for hydroxylation is 1. The molecule has 18 heavy (non-hydrogen) atoms. The molecule has 0 saturated heterocycles. The molecule has 1 aliphatic carbocycles. The van der Waals surface area contributed by atoms with E-state index in [1.807, 2.05) is 0 Å². The maximum Gasteiger partial charge on any atom is -0.000556 e. The Hall–Kier alpha value is -0.820. The summed E-state index contributed by atoms with van der Waals surface area (Å²) >= 11 is 0. The normalized spacial score (nSPS) is 21.8. The van der Waals surface area contributed by atoms with Crippen LogP contribution in [0.25, 0.3) is 0 Å². The number of hydrogen-bond acceptors (Lipinski definition) is 1. The van der Waals surface area contributed by atoms with Crippen molar-refractivity contribution in [2.24, 2.45) is 17.1 Å². The fourth-order valence-corrected chi connectivity index (χ4v) is 3.24. The molecular weight excluding hydrogens is 218 g/mol. The molecule has 0 aromatic heterocycles. The molecule has 0 aliphatic heterocycles. The minimum absolute atomic E-state index is 0.545. The molecule has 1 aliphatic rings. The Morgan fingerprint density at radius 3 is 2.22 bits per heavy atom. The molecule has 1 aromatic carbocycles. The van der Waals surface area contributed by atoms with E-state index in [2.05, 4.69) is 45.0 Å². The van der Waals surface area contributed by atoms with Crippen molar-refractivity contribution in [3.63, 3.8) is 0 Å². The Balaban J connectivity index is 2.08. The van der Waals surface area contributed by atoms with Crippen LogP contribution in [0.15, 0.2) is 24.3 Å². The SMILES string of the molecule is Cc1ccc([C@H](CN)C2CCC(C)(C)CC2)cc1. The van der Waals surface area contributed by atoms with Crippen LogP contribution in [0.2, 0.25) is 0 Å². The zero-order chi connectivity index (χ0) is 13.2. The second-order valence-electron chi connectivity index (χ2n) is 6.75. The van der Waals surface area contributed by atoms with Crippen LogP contribution < -0.4 is 5.73 Å². The number of nitrogens with two attached hydrogens (primary N) is 1. The summed E-state index contributed by atoms with van der Waals surface area (Å²) in [6, 6.07) is 8.97. The zero-order valence-electron chi connectivity index (χ0n) is 12.1. The predicted octanol–water partition coefficient (Wildman–Crippen LogP) is 4.25. The molecule has 100 valence electrons. The smallest absolute Gasteiger partial charge is 0.000556 e. The van der Waals surface area contributed by atoms with Gasteiger partial charge in [-0.25, -0.2) is 0 Å². The van der Waals surface area contributed by atoms with Crippen LogP contribution in [0, 0.1) is 18.3 Å². The van der Waals surface area contributed by atoms with Gasteiger partial charge in [0.25, 0.3) is 0 Å². The Morgan fingerprint density at radius 1 is 1.17 bits per heavy atom. The highest BCUT2D eigenvalue weighted by Crippen LogP contribution is 2.43. The van der Waals surface area contributed by atoms with Crippen molar-refractivity contribution in [1.82, 2.24) is 0 Å². The summed E-state index contributed by atoms with van der Waals surface area (Å²) in [6.07, 6.45) is 5.37. The molecular formula is C17H27N. The van der Waals surface area contributed by atoms with E-state index in [9.17, 15) is 0 Å². The Bertz CT molecular complexity index is 367. The van der Waals surface area contributed by atoms with Gasteiger partial charge in [0.1, 0.15) is 0 Å². The third kappa shape index (κ3) is 3.14. The first kappa shape index (κ1) is 13.6. The zero-order valence-corrected chi connectivity index (χ0v) is 12.1. The van der Waals surface area contributed by atoms with Crippen molar-refractivity contribution in [3.8, 4) is 0 Å². The summed E-state index contributed by atoms with van der Waals surface area (Å²) in [5.41, 5.74) is 9.36. The van der Waals surface area contributed by atoms with E-state index in [0.29, 0.717) is 11.3 Å². The first-order chi connectivity index (χ1) is 8.52. The third-order valence-electron chi connectivity index (χ3n) is 4.71. The molecule has 1 atom stereocenters. The van der Waals surface area contributed by atoms with Crippen LogP contribution in [-0.2, 0) is 0 Å². The second kappa shape index (κ2) is 5.44. The van der Waals surface area contributed by atoms with Crippen LogP contribution in [0.3, 0.4) is 0 Å². The summed E-state index contributed by atoms with van der Waals surface area (Å²) in [7, 11) is 0. The van der Waals surface area contributed by atoms with Crippen molar-refractivity contribution in [1.29, 1.82) is 0 Å². The highest BCUT2D eigenvalue weighted by molar-refractivity contribution is 5.25. The minimum atomic E-state index is 0.545. The lowest BCUT2D eigenvalue weighted by Crippen LogP contribution is -2.28. The average molecular weight is 245 g/mol. The van der Waals surface area contributed by atoms with Gasteiger partial charge >= 0.3 is 0 Å². The summed E-state index contributed by atoms with van der Waals surface area (Å²) in [6.45, 7) is 7.72. The first-order valence-corrected chi connectivity index (χ1v) is 7.28. The van der Waals surface area contributed by atoms with Crippen molar-refractivity contribution in [2.45, 2.75) is 52.4 Å². The van der Waals surface area contributed by atoms with E-state index >= 15 is 0 Å². The van der Waals surface area contributed by atoms with Crippen LogP contribution >= 0.6 is 0 Å². The highest BCUT2D eigenvalue weighted by Gasteiger charge is 2.31. The largest absolute Gasteiger partial charge is 0.330 e. The molecule has 0 unspecified atom stereocenters. The molecule has 0 heterocycles. The first-order valence-electron chi connectivity index (χ1n) is 7.28. The van der Waals surface area contributed by atoms with E-state index in [1.165, 1.54) is 36.8 Å². The molecule has 0 bridgehead atoms. The van der Waals surface area contributed by atoms with Gasteiger partial charge in [0.05, 0.1) is 0 Å². The van der Waals surface area contributed by atoms with Gasteiger partial charge in [-0.1, -0.05) is 43.7 Å². The molecule has 0 radical (unpaired) electrons. The van der Waals surface area contributed by atoms with E-state index in [4.69, 9.17) is 5.73 Å². The van der Waals surface area contributed by atoms with Crippen molar-refractivity contribution < 1.29 is 0 Å². The number of hydrogen-bond donors (Lipinski definition) is 1. The van der Waals surface area contributed by atoms with Gasteiger partial charge in [-0.05, 0) is 62.0 Å². The van der Waals surface area contributed by atoms with Gasteiger partial charge in [-0.3, -0.25) is 0 Å². The summed E-state index contributed by atoms with van der Waals surface area (Å²) < 4.78 is 0. The number of benzene rings is 1. The van der Waals surface area contributed by atoms with Gasteiger partial charge < -0.3 is 5.73 Å². The molecule has 1 heteroatoms. The molecule has 1 saturated carbocycles. The topological polar surface area (TPSA) is 26.0 Å². The Morgan fingerprint density at radius 2 is 1.72 bits per heavy atom. The maximum atomic E-state index is 6.04. The van der Waals surface area contributed by atoms with Gasteiger partial charge in [0.2, 0.25) is 0 Å². The monoisotopic (exact) mass is 245 g/mol. The lowest BCUT2D eigenvalue weighted by atomic mass is 9.68. The highest BCUT2D eigenvalue weighted by atomic mass is 14.6. The van der Waals surface area contributed by atoms with E-state index in [-0.39, 0.29) is 0 Å². The van der Waals surface area contributed by atoms with Crippen LogP contribution in [0.4, 0.5) is 0 Å². The van der Waals surface area contributed by atoms with Crippen molar-refractivity contribution in [3.05, 3.63) is 35.4 Å². The van der Waals surface area contributed by atoms with Gasteiger partial charge in [0, 0.05) is 0 Å². The van der Waals surface area contributed by atoms with E-state index in [0.717, 1.165) is 12.5 Å². The van der Waals surface area contributed by atoms with Gasteiger partial charge in [0.15, 0.2) is 0 Å². The lowest BCUT2D eigenvalue weighted by molar-refractivity contribution is 0.173. The fraction of sp³-hybridized carbons (Fsp3) is 0.647. The fourth-order valence-electron chi connectivity index (χ4n) is 3.24. The number of rotatable bonds is 3. The van der Waals surface area contributed by atoms with Gasteiger partial charge in [-0.2, -0.15) is 0 Å².